The number of nitrogens with one attached hydrogen (secondary N) is 2. The normalized spacial score (nSPS) is 12.1. The number of amides is 2. The van der Waals surface area contributed by atoms with Gasteiger partial charge in [-0.3, -0.25) is 9.59 Å². The maximum Gasteiger partial charge on any atom is 0.313 e. The number of rotatable bonds is 6. The first-order chi connectivity index (χ1) is 10.8. The molecule has 0 aliphatic rings. The maximum atomic E-state index is 13.4. The second-order valence-electron chi connectivity index (χ2n) is 5.03. The Hall–Kier alpha value is -2.09. The van der Waals surface area contributed by atoms with Crippen LogP contribution in [0.25, 0.3) is 0 Å². The molecule has 23 heavy (non-hydrogen) atoms. The fraction of sp³-hybridized carbons (Fsp3) is 0.467. The van der Waals surface area contributed by atoms with Crippen molar-refractivity contribution in [3.8, 4) is 0 Å². The summed E-state index contributed by atoms with van der Waals surface area (Å²) in [6.07, 6.45) is 0.598. The summed E-state index contributed by atoms with van der Waals surface area (Å²) in [5, 5.41) is 13.9. The molecule has 0 fully saturated rings. The van der Waals surface area contributed by atoms with Crippen molar-refractivity contribution in [1.82, 2.24) is 5.32 Å². The topological polar surface area (TPSA) is 78.4 Å². The molecule has 0 aliphatic heterocycles. The fourth-order valence-corrected chi connectivity index (χ4v) is 2.08. The molecule has 1 aromatic rings. The second-order valence-corrected chi connectivity index (χ2v) is 5.03. The van der Waals surface area contributed by atoms with Gasteiger partial charge in [0, 0.05) is 6.54 Å². The molecule has 1 atom stereocenters. The first-order valence-electron chi connectivity index (χ1n) is 7.22. The van der Waals surface area contributed by atoms with Crippen molar-refractivity contribution in [2.75, 3.05) is 11.9 Å². The Balaban J connectivity index is 2.62. The summed E-state index contributed by atoms with van der Waals surface area (Å²) in [5.41, 5.74) is -0.649. The number of aliphatic hydroxyl groups excluding tert-OH is 1. The summed E-state index contributed by atoms with van der Waals surface area (Å²) in [7, 11) is 0. The lowest BCUT2D eigenvalue weighted by Gasteiger charge is -2.20. The summed E-state index contributed by atoms with van der Waals surface area (Å²) >= 11 is 0. The van der Waals surface area contributed by atoms with Gasteiger partial charge in [0.05, 0.1) is 11.8 Å². The van der Waals surface area contributed by atoms with E-state index in [9.17, 15) is 27.9 Å². The molecule has 0 saturated carbocycles. The molecule has 0 bridgehead atoms. The van der Waals surface area contributed by atoms with Crippen LogP contribution in [0.4, 0.5) is 18.9 Å². The van der Waals surface area contributed by atoms with Gasteiger partial charge in [-0.15, -0.1) is 0 Å². The molecule has 0 radical (unpaired) electrons. The van der Waals surface area contributed by atoms with Crippen molar-refractivity contribution in [1.29, 1.82) is 0 Å². The standard InChI is InChI=1S/C15H19F3N2O3/c1-3-8(4-2)11(21)7-19-14(22)15(23)20-10-6-5-9(16)12(17)13(10)18/h5-6,8,11,21H,3-4,7H2,1-2H3,(H,19,22)(H,20,23). The Morgan fingerprint density at radius 3 is 2.26 bits per heavy atom. The van der Waals surface area contributed by atoms with E-state index in [1.807, 2.05) is 19.2 Å². The summed E-state index contributed by atoms with van der Waals surface area (Å²) in [5.74, 6) is -7.12. The van der Waals surface area contributed by atoms with E-state index in [0.717, 1.165) is 6.07 Å². The van der Waals surface area contributed by atoms with Crippen LogP contribution in [0, 0.1) is 23.4 Å². The summed E-state index contributed by atoms with van der Waals surface area (Å²) < 4.78 is 39.2. The molecular weight excluding hydrogens is 313 g/mol. The van der Waals surface area contributed by atoms with Crippen LogP contribution in [-0.4, -0.2) is 29.6 Å². The van der Waals surface area contributed by atoms with Crippen LogP contribution in [0.1, 0.15) is 26.7 Å². The Kier molecular flexibility index (Phi) is 7.02. The molecule has 0 saturated heterocycles. The van der Waals surface area contributed by atoms with Crippen molar-refractivity contribution in [2.45, 2.75) is 32.8 Å². The SMILES string of the molecule is CCC(CC)C(O)CNC(=O)C(=O)Nc1ccc(F)c(F)c1F. The predicted octanol–water partition coefficient (Wildman–Crippen LogP) is 1.96. The van der Waals surface area contributed by atoms with Gasteiger partial charge < -0.3 is 15.7 Å². The minimum atomic E-state index is -1.74. The number of hydrogen-bond donors (Lipinski definition) is 3. The van der Waals surface area contributed by atoms with Crippen molar-refractivity contribution in [3.05, 3.63) is 29.6 Å². The van der Waals surface area contributed by atoms with Crippen molar-refractivity contribution < 1.29 is 27.9 Å². The van der Waals surface area contributed by atoms with E-state index < -0.39 is 41.1 Å². The van der Waals surface area contributed by atoms with Crippen molar-refractivity contribution in [3.63, 3.8) is 0 Å². The summed E-state index contributed by atoms with van der Waals surface area (Å²) in [6, 6.07) is 1.43. The van der Waals surface area contributed by atoms with Crippen molar-refractivity contribution in [2.24, 2.45) is 5.92 Å². The first kappa shape index (κ1) is 19.0. The Bertz CT molecular complexity index is 577. The van der Waals surface area contributed by atoms with Gasteiger partial charge in [0.15, 0.2) is 17.5 Å². The first-order valence-corrected chi connectivity index (χ1v) is 7.22. The number of carbonyl (C=O) groups is 2. The average Bonchev–Trinajstić information content (AvgIpc) is 2.54. The van der Waals surface area contributed by atoms with E-state index in [1.165, 1.54) is 0 Å². The lowest BCUT2D eigenvalue weighted by atomic mass is 9.96. The molecule has 0 spiro atoms. The van der Waals surface area contributed by atoms with Gasteiger partial charge in [-0.25, -0.2) is 13.2 Å². The third kappa shape index (κ3) is 4.95. The molecular formula is C15H19F3N2O3. The Labute approximate surface area is 131 Å². The largest absolute Gasteiger partial charge is 0.391 e. The molecule has 1 rings (SSSR count). The van der Waals surface area contributed by atoms with Gasteiger partial charge in [-0.05, 0) is 18.1 Å². The van der Waals surface area contributed by atoms with Crippen LogP contribution in [0.3, 0.4) is 0 Å². The minimum absolute atomic E-state index is 0.0259. The molecule has 0 heterocycles. The lowest BCUT2D eigenvalue weighted by molar-refractivity contribution is -0.136. The van der Waals surface area contributed by atoms with Gasteiger partial charge in [0.2, 0.25) is 0 Å². The zero-order valence-corrected chi connectivity index (χ0v) is 12.8. The van der Waals surface area contributed by atoms with E-state index in [0.29, 0.717) is 18.9 Å². The molecule has 5 nitrogen and oxygen atoms in total. The number of anilines is 1. The van der Waals surface area contributed by atoms with Crippen LogP contribution in [-0.2, 0) is 9.59 Å². The average molecular weight is 332 g/mol. The zero-order valence-electron chi connectivity index (χ0n) is 12.8. The van der Waals surface area contributed by atoms with Crippen LogP contribution < -0.4 is 10.6 Å². The fourth-order valence-electron chi connectivity index (χ4n) is 2.08. The number of halogens is 3. The van der Waals surface area contributed by atoms with E-state index in [4.69, 9.17) is 0 Å². The van der Waals surface area contributed by atoms with Gasteiger partial charge in [0.25, 0.3) is 0 Å². The van der Waals surface area contributed by atoms with E-state index >= 15 is 0 Å². The summed E-state index contributed by atoms with van der Waals surface area (Å²) in [6.45, 7) is 3.63. The molecule has 8 heteroatoms. The number of aliphatic hydroxyl groups is 1. The van der Waals surface area contributed by atoms with Gasteiger partial charge in [-0.2, -0.15) is 0 Å². The summed E-state index contributed by atoms with van der Waals surface area (Å²) in [4.78, 5) is 23.2. The highest BCUT2D eigenvalue weighted by Gasteiger charge is 2.21. The van der Waals surface area contributed by atoms with Gasteiger partial charge >= 0.3 is 11.8 Å². The van der Waals surface area contributed by atoms with E-state index in [-0.39, 0.29) is 12.5 Å². The third-order valence-corrected chi connectivity index (χ3v) is 3.55. The molecule has 1 unspecified atom stereocenters. The van der Waals surface area contributed by atoms with E-state index in [2.05, 4.69) is 5.32 Å². The molecule has 1 aromatic carbocycles. The molecule has 128 valence electrons. The van der Waals surface area contributed by atoms with Gasteiger partial charge in [-0.1, -0.05) is 26.7 Å². The van der Waals surface area contributed by atoms with Crippen LogP contribution in [0.5, 0.6) is 0 Å². The number of carbonyl (C=O) groups excluding carboxylic acids is 2. The van der Waals surface area contributed by atoms with Crippen LogP contribution in [0.15, 0.2) is 12.1 Å². The highest BCUT2D eigenvalue weighted by atomic mass is 19.2. The smallest absolute Gasteiger partial charge is 0.313 e. The minimum Gasteiger partial charge on any atom is -0.391 e. The molecule has 2 amide bonds. The Morgan fingerprint density at radius 2 is 1.70 bits per heavy atom. The monoisotopic (exact) mass is 332 g/mol. The molecule has 0 aromatic heterocycles. The number of hydrogen-bond acceptors (Lipinski definition) is 3. The third-order valence-electron chi connectivity index (χ3n) is 3.55. The molecule has 0 aliphatic carbocycles. The zero-order chi connectivity index (χ0) is 17.6. The van der Waals surface area contributed by atoms with Crippen molar-refractivity contribution >= 4 is 17.5 Å². The van der Waals surface area contributed by atoms with Crippen LogP contribution >= 0.6 is 0 Å². The lowest BCUT2D eigenvalue weighted by Crippen LogP contribution is -2.41. The second kappa shape index (κ2) is 8.52. The predicted molar refractivity (Wildman–Crippen MR) is 78.0 cm³/mol. The maximum absolute atomic E-state index is 13.4. The number of benzene rings is 1. The van der Waals surface area contributed by atoms with Crippen LogP contribution in [0.2, 0.25) is 0 Å². The van der Waals surface area contributed by atoms with Gasteiger partial charge in [0.1, 0.15) is 0 Å². The quantitative estimate of drug-likeness (QED) is 0.550. The highest BCUT2D eigenvalue weighted by Crippen LogP contribution is 2.19. The highest BCUT2D eigenvalue weighted by molar-refractivity contribution is 6.39. The van der Waals surface area contributed by atoms with E-state index in [1.54, 1.807) is 0 Å². The Morgan fingerprint density at radius 1 is 1.09 bits per heavy atom. The molecule has 3 N–H and O–H groups in total.